The Morgan fingerprint density at radius 3 is 2.32 bits per heavy atom. The van der Waals surface area contributed by atoms with Gasteiger partial charge in [0.2, 0.25) is 0 Å². The summed E-state index contributed by atoms with van der Waals surface area (Å²) in [6, 6.07) is 13.1. The van der Waals surface area contributed by atoms with Crippen molar-refractivity contribution in [3.8, 4) is 5.69 Å². The number of aryl methyl sites for hydroxylation is 1. The van der Waals surface area contributed by atoms with Crippen molar-refractivity contribution < 1.29 is 18.3 Å². The fourth-order valence-electron chi connectivity index (χ4n) is 4.81. The Morgan fingerprint density at radius 2 is 1.68 bits per heavy atom. The van der Waals surface area contributed by atoms with Gasteiger partial charge in [0.25, 0.3) is 5.56 Å². The number of carbonyl (C=O) groups is 1. The van der Waals surface area contributed by atoms with E-state index in [4.69, 9.17) is 4.74 Å². The maximum Gasteiger partial charge on any atom is 0.338 e. The number of ether oxygens (including phenoxy) is 1. The minimum Gasteiger partial charge on any atom is -0.463 e. The van der Waals surface area contributed by atoms with Gasteiger partial charge in [-0.3, -0.25) is 9.36 Å². The summed E-state index contributed by atoms with van der Waals surface area (Å²) in [5, 5.41) is 0. The Bertz CT molecular complexity index is 1760. The van der Waals surface area contributed by atoms with Gasteiger partial charge in [-0.25, -0.2) is 18.6 Å². The molecule has 5 rings (SSSR count). The molecule has 2 aromatic carbocycles. The summed E-state index contributed by atoms with van der Waals surface area (Å²) in [5.41, 5.74) is 4.41. The van der Waals surface area contributed by atoms with E-state index in [-0.39, 0.29) is 23.6 Å². The molecule has 0 N–H and O–H groups in total. The summed E-state index contributed by atoms with van der Waals surface area (Å²) in [5.74, 6) is -1.30. The van der Waals surface area contributed by atoms with Gasteiger partial charge in [0.05, 0.1) is 28.5 Å². The second-order valence-electron chi connectivity index (χ2n) is 8.99. The van der Waals surface area contributed by atoms with Crippen LogP contribution in [0.4, 0.5) is 8.78 Å². The van der Waals surface area contributed by atoms with Crippen LogP contribution in [0.3, 0.4) is 0 Å². The summed E-state index contributed by atoms with van der Waals surface area (Å²) >= 11 is 1.22. The zero-order valence-corrected chi connectivity index (χ0v) is 22.1. The fraction of sp³-hybridized carbons (Fsp3) is 0.207. The molecule has 0 saturated carbocycles. The third kappa shape index (κ3) is 4.43. The summed E-state index contributed by atoms with van der Waals surface area (Å²) in [6.45, 7) is 7.46. The number of allylic oxidation sites excluding steroid dienone is 1. The molecular formula is C29H25F2N3O3S. The number of fused-ring (bicyclic) bond motifs is 1. The average molecular weight is 534 g/mol. The molecule has 0 aliphatic carbocycles. The Morgan fingerprint density at radius 1 is 1.05 bits per heavy atom. The van der Waals surface area contributed by atoms with Crippen molar-refractivity contribution in [1.82, 2.24) is 9.13 Å². The van der Waals surface area contributed by atoms with E-state index < -0.39 is 17.8 Å². The van der Waals surface area contributed by atoms with Crippen LogP contribution >= 0.6 is 11.3 Å². The van der Waals surface area contributed by atoms with Crippen LogP contribution in [0.15, 0.2) is 75.7 Å². The molecule has 1 atom stereocenters. The normalized spacial score (nSPS) is 15.4. The van der Waals surface area contributed by atoms with Crippen molar-refractivity contribution in [2.24, 2.45) is 4.99 Å². The molecule has 2 aromatic heterocycles. The van der Waals surface area contributed by atoms with Crippen molar-refractivity contribution in [3.05, 3.63) is 120 Å². The van der Waals surface area contributed by atoms with E-state index in [1.165, 1.54) is 40.2 Å². The highest BCUT2D eigenvalue weighted by molar-refractivity contribution is 7.07. The van der Waals surface area contributed by atoms with Gasteiger partial charge in [0.15, 0.2) is 4.80 Å². The van der Waals surface area contributed by atoms with Crippen LogP contribution in [0.5, 0.6) is 0 Å². The second-order valence-corrected chi connectivity index (χ2v) is 10.0. The minimum absolute atomic E-state index is 0.167. The number of thiazole rings is 1. The number of hydrogen-bond donors (Lipinski definition) is 0. The first-order valence-electron chi connectivity index (χ1n) is 12.1. The summed E-state index contributed by atoms with van der Waals surface area (Å²) in [7, 11) is 0. The standard InChI is InChI=1S/C29H25F2N3O3S/c1-5-37-28(36)25-17(3)32-29-34(26(25)19-6-8-21(30)9-7-19)27(35)24(38-29)15-20-14-16(2)33(18(20)4)23-12-10-22(31)11-13-23/h6-15,26H,5H2,1-4H3/b24-15-/t26-/m1/s1. The fourth-order valence-corrected chi connectivity index (χ4v) is 5.85. The third-order valence-electron chi connectivity index (χ3n) is 6.54. The van der Waals surface area contributed by atoms with Gasteiger partial charge in [0.1, 0.15) is 11.6 Å². The summed E-state index contributed by atoms with van der Waals surface area (Å²) in [6.07, 6.45) is 1.80. The molecule has 0 saturated heterocycles. The van der Waals surface area contributed by atoms with Crippen molar-refractivity contribution in [2.45, 2.75) is 33.7 Å². The third-order valence-corrected chi connectivity index (χ3v) is 7.53. The van der Waals surface area contributed by atoms with Gasteiger partial charge in [-0.05, 0) is 87.4 Å². The van der Waals surface area contributed by atoms with Crippen LogP contribution in [0.2, 0.25) is 0 Å². The zero-order chi connectivity index (χ0) is 27.1. The first kappa shape index (κ1) is 25.5. The van der Waals surface area contributed by atoms with Crippen LogP contribution in [0.1, 0.15) is 42.4 Å². The van der Waals surface area contributed by atoms with Crippen molar-refractivity contribution in [3.63, 3.8) is 0 Å². The first-order chi connectivity index (χ1) is 18.2. The molecule has 1 aliphatic heterocycles. The van der Waals surface area contributed by atoms with Crippen molar-refractivity contribution in [1.29, 1.82) is 0 Å². The molecule has 4 aromatic rings. The number of aromatic nitrogens is 2. The maximum atomic E-state index is 13.8. The van der Waals surface area contributed by atoms with Crippen LogP contribution in [-0.2, 0) is 9.53 Å². The molecule has 194 valence electrons. The monoisotopic (exact) mass is 533 g/mol. The predicted molar refractivity (Wildman–Crippen MR) is 142 cm³/mol. The lowest BCUT2D eigenvalue weighted by Crippen LogP contribution is -2.39. The topological polar surface area (TPSA) is 65.6 Å². The lowest BCUT2D eigenvalue weighted by atomic mass is 9.96. The van der Waals surface area contributed by atoms with Crippen LogP contribution in [0, 0.1) is 25.5 Å². The first-order valence-corrected chi connectivity index (χ1v) is 12.9. The van der Waals surface area contributed by atoms with E-state index in [1.807, 2.05) is 24.5 Å². The quantitative estimate of drug-likeness (QED) is 0.355. The van der Waals surface area contributed by atoms with Gasteiger partial charge >= 0.3 is 5.97 Å². The number of benzene rings is 2. The number of hydrogen-bond acceptors (Lipinski definition) is 5. The molecule has 3 heterocycles. The number of esters is 1. The molecule has 0 bridgehead atoms. The van der Waals surface area contributed by atoms with E-state index in [0.29, 0.717) is 20.6 Å². The van der Waals surface area contributed by atoms with E-state index >= 15 is 0 Å². The second kappa shape index (κ2) is 9.98. The van der Waals surface area contributed by atoms with Gasteiger partial charge in [-0.1, -0.05) is 23.5 Å². The number of halogens is 2. The van der Waals surface area contributed by atoms with Crippen LogP contribution in [0.25, 0.3) is 11.8 Å². The Hall–Kier alpha value is -4.11. The van der Waals surface area contributed by atoms with E-state index in [0.717, 1.165) is 22.6 Å². The van der Waals surface area contributed by atoms with Gasteiger partial charge in [-0.15, -0.1) is 0 Å². The molecule has 0 amide bonds. The predicted octanol–water partition coefficient (Wildman–Crippen LogP) is 4.48. The molecule has 0 unspecified atom stereocenters. The highest BCUT2D eigenvalue weighted by Crippen LogP contribution is 2.31. The number of carbonyl (C=O) groups excluding carboxylic acids is 1. The van der Waals surface area contributed by atoms with Gasteiger partial charge < -0.3 is 9.30 Å². The molecule has 38 heavy (non-hydrogen) atoms. The van der Waals surface area contributed by atoms with E-state index in [2.05, 4.69) is 4.99 Å². The lowest BCUT2D eigenvalue weighted by molar-refractivity contribution is -0.139. The van der Waals surface area contributed by atoms with Crippen molar-refractivity contribution in [2.75, 3.05) is 6.61 Å². The average Bonchev–Trinajstić information content (AvgIpc) is 3.34. The molecule has 6 nitrogen and oxygen atoms in total. The highest BCUT2D eigenvalue weighted by atomic mass is 32.1. The Balaban J connectivity index is 1.68. The number of nitrogens with zero attached hydrogens (tertiary/aromatic N) is 3. The lowest BCUT2D eigenvalue weighted by Gasteiger charge is -2.24. The molecule has 1 aliphatic rings. The van der Waals surface area contributed by atoms with E-state index in [9.17, 15) is 18.4 Å². The molecule has 0 spiro atoms. The molecule has 0 radical (unpaired) electrons. The molecule has 0 fully saturated rings. The number of rotatable bonds is 5. The summed E-state index contributed by atoms with van der Waals surface area (Å²) < 4.78 is 36.4. The van der Waals surface area contributed by atoms with Crippen molar-refractivity contribution >= 4 is 23.4 Å². The van der Waals surface area contributed by atoms with E-state index in [1.54, 1.807) is 44.2 Å². The Kier molecular flexibility index (Phi) is 6.71. The van der Waals surface area contributed by atoms with Crippen LogP contribution < -0.4 is 14.9 Å². The minimum atomic E-state index is -0.806. The zero-order valence-electron chi connectivity index (χ0n) is 21.3. The van der Waals surface area contributed by atoms with Gasteiger partial charge in [-0.2, -0.15) is 0 Å². The maximum absolute atomic E-state index is 13.8. The smallest absolute Gasteiger partial charge is 0.338 e. The molecule has 9 heteroatoms. The summed E-state index contributed by atoms with van der Waals surface area (Å²) in [4.78, 5) is 31.8. The SMILES string of the molecule is CCOC(=O)C1=C(C)N=c2s/c(=C\c3cc(C)n(-c4ccc(F)cc4)c3C)c(=O)n2[C@@H]1c1ccc(F)cc1. The van der Waals surface area contributed by atoms with Gasteiger partial charge in [0, 0.05) is 17.1 Å². The van der Waals surface area contributed by atoms with Crippen LogP contribution in [-0.4, -0.2) is 21.7 Å². The largest absolute Gasteiger partial charge is 0.463 e. The highest BCUT2D eigenvalue weighted by Gasteiger charge is 2.33. The molecular weight excluding hydrogens is 508 g/mol. The Labute approximate surface area is 221 Å².